The molecule has 1 amide bonds. The van der Waals surface area contributed by atoms with Crippen LogP contribution in [0, 0.1) is 0 Å². The summed E-state index contributed by atoms with van der Waals surface area (Å²) in [6, 6.07) is 5.27. The van der Waals surface area contributed by atoms with Crippen molar-refractivity contribution < 1.29 is 9.53 Å². The van der Waals surface area contributed by atoms with Gasteiger partial charge in [-0.2, -0.15) is 0 Å². The summed E-state index contributed by atoms with van der Waals surface area (Å²) in [5.74, 6) is 0.549. The van der Waals surface area contributed by atoms with Gasteiger partial charge in [0, 0.05) is 11.6 Å². The number of rotatable bonds is 7. The Morgan fingerprint density at radius 1 is 1.29 bits per heavy atom. The molecule has 1 aliphatic heterocycles. The smallest absolute Gasteiger partial charge is 0.265 e. The van der Waals surface area contributed by atoms with E-state index < -0.39 is 0 Å². The van der Waals surface area contributed by atoms with Crippen molar-refractivity contribution >= 4 is 23.2 Å². The molecule has 7 heteroatoms. The predicted molar refractivity (Wildman–Crippen MR) is 92.3 cm³/mol. The largest absolute Gasteiger partial charge is 0.482 e. The Morgan fingerprint density at radius 3 is 3.00 bits per heavy atom. The summed E-state index contributed by atoms with van der Waals surface area (Å²) in [4.78, 5) is 13.9. The van der Waals surface area contributed by atoms with Gasteiger partial charge < -0.3 is 4.74 Å². The number of amides is 1. The van der Waals surface area contributed by atoms with Gasteiger partial charge in [0.25, 0.3) is 5.91 Å². The SMILES string of the molecule is CCCCCCn1cc(CN2C(=O)COc3ccc(Cl)cc32)nn1. The maximum atomic E-state index is 12.2. The van der Waals surface area contributed by atoms with E-state index >= 15 is 0 Å². The van der Waals surface area contributed by atoms with Crippen LogP contribution in [0.2, 0.25) is 5.02 Å². The van der Waals surface area contributed by atoms with E-state index in [4.69, 9.17) is 16.3 Å². The van der Waals surface area contributed by atoms with E-state index in [1.807, 2.05) is 10.9 Å². The molecular formula is C17H21ClN4O2. The number of halogens is 1. The zero-order valence-corrected chi connectivity index (χ0v) is 14.5. The fraction of sp³-hybridized carbons (Fsp3) is 0.471. The summed E-state index contributed by atoms with van der Waals surface area (Å²) < 4.78 is 7.29. The van der Waals surface area contributed by atoms with Crippen LogP contribution in [0.3, 0.4) is 0 Å². The van der Waals surface area contributed by atoms with Gasteiger partial charge in [0.1, 0.15) is 11.4 Å². The van der Waals surface area contributed by atoms with Crippen LogP contribution in [0.5, 0.6) is 5.75 Å². The average molecular weight is 349 g/mol. The van der Waals surface area contributed by atoms with Crippen LogP contribution in [0.25, 0.3) is 0 Å². The number of ether oxygens (including phenoxy) is 1. The van der Waals surface area contributed by atoms with Gasteiger partial charge in [-0.3, -0.25) is 14.4 Å². The highest BCUT2D eigenvalue weighted by molar-refractivity contribution is 6.31. The lowest BCUT2D eigenvalue weighted by Crippen LogP contribution is -2.38. The third-order valence-corrected chi connectivity index (χ3v) is 4.25. The maximum Gasteiger partial charge on any atom is 0.265 e. The zero-order valence-electron chi connectivity index (χ0n) is 13.7. The zero-order chi connectivity index (χ0) is 16.9. The average Bonchev–Trinajstić information content (AvgIpc) is 3.02. The normalized spacial score (nSPS) is 13.8. The molecule has 128 valence electrons. The van der Waals surface area contributed by atoms with Crippen molar-refractivity contribution in [1.29, 1.82) is 0 Å². The molecule has 2 aromatic rings. The van der Waals surface area contributed by atoms with E-state index in [0.717, 1.165) is 18.7 Å². The molecule has 0 atom stereocenters. The van der Waals surface area contributed by atoms with Crippen molar-refractivity contribution in [3.63, 3.8) is 0 Å². The number of hydrogen-bond acceptors (Lipinski definition) is 4. The van der Waals surface area contributed by atoms with Crippen LogP contribution in [0.1, 0.15) is 38.3 Å². The van der Waals surface area contributed by atoms with Gasteiger partial charge in [0.2, 0.25) is 0 Å². The first-order chi connectivity index (χ1) is 11.7. The maximum absolute atomic E-state index is 12.2. The molecule has 0 unspecified atom stereocenters. The van der Waals surface area contributed by atoms with Crippen LogP contribution in [0.15, 0.2) is 24.4 Å². The molecule has 0 aliphatic carbocycles. The van der Waals surface area contributed by atoms with Crippen LogP contribution < -0.4 is 9.64 Å². The molecule has 1 aliphatic rings. The lowest BCUT2D eigenvalue weighted by atomic mass is 10.2. The van der Waals surface area contributed by atoms with Gasteiger partial charge >= 0.3 is 0 Å². The number of unbranched alkanes of at least 4 members (excludes halogenated alkanes) is 3. The third kappa shape index (κ3) is 3.87. The standard InChI is InChI=1S/C17H21ClN4O2/c1-2-3-4-5-8-21-10-14(19-20-21)11-22-15-9-13(18)6-7-16(15)24-12-17(22)23/h6-7,9-10H,2-5,8,11-12H2,1H3. The third-order valence-electron chi connectivity index (χ3n) is 4.01. The number of aryl methyl sites for hydroxylation is 1. The summed E-state index contributed by atoms with van der Waals surface area (Å²) in [5.41, 5.74) is 1.43. The van der Waals surface area contributed by atoms with E-state index in [9.17, 15) is 4.79 Å². The number of anilines is 1. The Kier molecular flexibility index (Phi) is 5.35. The number of benzene rings is 1. The molecule has 2 heterocycles. The van der Waals surface area contributed by atoms with E-state index in [2.05, 4.69) is 17.2 Å². The van der Waals surface area contributed by atoms with Crippen molar-refractivity contribution in [2.24, 2.45) is 0 Å². The Hall–Kier alpha value is -2.08. The van der Waals surface area contributed by atoms with Gasteiger partial charge in [-0.15, -0.1) is 5.10 Å². The monoisotopic (exact) mass is 348 g/mol. The number of aromatic nitrogens is 3. The summed E-state index contributed by atoms with van der Waals surface area (Å²) in [7, 11) is 0. The molecule has 3 rings (SSSR count). The molecule has 1 aromatic carbocycles. The fourth-order valence-electron chi connectivity index (χ4n) is 2.73. The number of carbonyl (C=O) groups excluding carboxylic acids is 1. The molecule has 0 saturated carbocycles. The molecule has 0 radical (unpaired) electrons. The lowest BCUT2D eigenvalue weighted by molar-refractivity contribution is -0.121. The first kappa shape index (κ1) is 16.8. The molecule has 0 fully saturated rings. The second-order valence-electron chi connectivity index (χ2n) is 5.91. The molecular weight excluding hydrogens is 328 g/mol. The molecule has 0 bridgehead atoms. The molecule has 0 N–H and O–H groups in total. The molecule has 0 spiro atoms. The molecule has 24 heavy (non-hydrogen) atoms. The van der Waals surface area contributed by atoms with E-state index in [0.29, 0.717) is 23.0 Å². The summed E-state index contributed by atoms with van der Waals surface area (Å²) in [6.07, 6.45) is 6.63. The first-order valence-corrected chi connectivity index (χ1v) is 8.67. The Bertz CT molecular complexity index is 716. The van der Waals surface area contributed by atoms with Crippen molar-refractivity contribution in [2.75, 3.05) is 11.5 Å². The van der Waals surface area contributed by atoms with E-state index in [-0.39, 0.29) is 12.5 Å². The lowest BCUT2D eigenvalue weighted by Gasteiger charge is -2.28. The quantitative estimate of drug-likeness (QED) is 0.719. The van der Waals surface area contributed by atoms with Crippen molar-refractivity contribution in [2.45, 2.75) is 45.7 Å². The fourth-order valence-corrected chi connectivity index (χ4v) is 2.90. The highest BCUT2D eigenvalue weighted by Gasteiger charge is 2.26. The Balaban J connectivity index is 1.69. The van der Waals surface area contributed by atoms with Gasteiger partial charge in [0.15, 0.2) is 6.61 Å². The predicted octanol–water partition coefficient (Wildman–Crippen LogP) is 3.44. The van der Waals surface area contributed by atoms with Crippen LogP contribution in [-0.4, -0.2) is 27.5 Å². The van der Waals surface area contributed by atoms with Gasteiger partial charge in [-0.25, -0.2) is 0 Å². The second kappa shape index (κ2) is 7.66. The van der Waals surface area contributed by atoms with E-state index in [1.165, 1.54) is 19.3 Å². The highest BCUT2D eigenvalue weighted by Crippen LogP contribution is 2.35. The van der Waals surface area contributed by atoms with Gasteiger partial charge in [-0.1, -0.05) is 43.0 Å². The summed E-state index contributed by atoms with van der Waals surface area (Å²) >= 11 is 6.05. The number of carbonyl (C=O) groups is 1. The van der Waals surface area contributed by atoms with Gasteiger partial charge in [0.05, 0.1) is 18.4 Å². The summed E-state index contributed by atoms with van der Waals surface area (Å²) in [5, 5.41) is 8.90. The topological polar surface area (TPSA) is 60.2 Å². The van der Waals surface area contributed by atoms with Crippen molar-refractivity contribution in [1.82, 2.24) is 15.0 Å². The van der Waals surface area contributed by atoms with E-state index in [1.54, 1.807) is 23.1 Å². The minimum absolute atomic E-state index is 0.0276. The van der Waals surface area contributed by atoms with Crippen molar-refractivity contribution in [3.8, 4) is 5.75 Å². The molecule has 1 aromatic heterocycles. The van der Waals surface area contributed by atoms with Crippen LogP contribution in [0.4, 0.5) is 5.69 Å². The highest BCUT2D eigenvalue weighted by atomic mass is 35.5. The van der Waals surface area contributed by atoms with Crippen LogP contribution in [-0.2, 0) is 17.9 Å². The second-order valence-corrected chi connectivity index (χ2v) is 6.35. The number of hydrogen-bond donors (Lipinski definition) is 0. The Labute approximate surface area is 146 Å². The minimum atomic E-state index is -0.109. The molecule has 0 saturated heterocycles. The van der Waals surface area contributed by atoms with Crippen molar-refractivity contribution in [3.05, 3.63) is 35.1 Å². The van der Waals surface area contributed by atoms with Crippen LogP contribution >= 0.6 is 11.6 Å². The Morgan fingerprint density at radius 2 is 2.17 bits per heavy atom. The number of fused-ring (bicyclic) bond motifs is 1. The first-order valence-electron chi connectivity index (χ1n) is 8.29. The minimum Gasteiger partial charge on any atom is -0.482 e. The van der Waals surface area contributed by atoms with Gasteiger partial charge in [-0.05, 0) is 24.6 Å². The molecule has 6 nitrogen and oxygen atoms in total. The number of nitrogens with zero attached hydrogens (tertiary/aromatic N) is 4. The summed E-state index contributed by atoms with van der Waals surface area (Å²) in [6.45, 7) is 3.44.